The molecule has 0 radical (unpaired) electrons. The number of anilines is 1. The van der Waals surface area contributed by atoms with Gasteiger partial charge in [0.25, 0.3) is 0 Å². The topological polar surface area (TPSA) is 93.0 Å². The molecule has 0 fully saturated rings. The van der Waals surface area contributed by atoms with Crippen LogP contribution in [0.25, 0.3) is 11.0 Å². The number of amides is 1. The third-order valence-corrected chi connectivity index (χ3v) is 3.74. The number of benzene rings is 1. The number of fused-ring (bicyclic) bond motifs is 1. The molecule has 0 spiro atoms. The molecule has 3 aromatic rings. The molecule has 3 rings (SSSR count). The highest BCUT2D eigenvalue weighted by Crippen LogP contribution is 2.18. The molecular formula is C18H22N4O3. The maximum absolute atomic E-state index is 12.0. The van der Waals surface area contributed by atoms with E-state index in [0.29, 0.717) is 11.4 Å². The molecule has 25 heavy (non-hydrogen) atoms. The van der Waals surface area contributed by atoms with Crippen LogP contribution in [-0.2, 0) is 22.6 Å². The van der Waals surface area contributed by atoms with Crippen LogP contribution < -0.4 is 5.32 Å². The first-order chi connectivity index (χ1) is 12.1. The number of nitrogens with one attached hydrogen (secondary N) is 2. The predicted octanol–water partition coefficient (Wildman–Crippen LogP) is 3.36. The van der Waals surface area contributed by atoms with Crippen molar-refractivity contribution in [2.24, 2.45) is 0 Å². The number of carbonyl (C=O) groups excluding carboxylic acids is 1. The van der Waals surface area contributed by atoms with Crippen LogP contribution in [0.4, 0.5) is 5.69 Å². The van der Waals surface area contributed by atoms with Crippen molar-refractivity contribution >= 4 is 22.6 Å². The number of nitrogens with zero attached hydrogens (tertiary/aromatic N) is 2. The molecule has 0 atom stereocenters. The number of aryl methyl sites for hydroxylation is 2. The molecule has 7 heteroatoms. The second kappa shape index (κ2) is 7.94. The first kappa shape index (κ1) is 17.2. The fraction of sp³-hybridized carbons (Fsp3) is 0.389. The third-order valence-electron chi connectivity index (χ3n) is 3.74. The Balaban J connectivity index is 1.53. The lowest BCUT2D eigenvalue weighted by Crippen LogP contribution is -2.18. The minimum absolute atomic E-state index is 0.0531. The number of aromatic nitrogens is 3. The van der Waals surface area contributed by atoms with Crippen molar-refractivity contribution in [3.63, 3.8) is 0 Å². The first-order valence-electron chi connectivity index (χ1n) is 8.42. The van der Waals surface area contributed by atoms with Crippen molar-refractivity contribution in [1.29, 1.82) is 0 Å². The van der Waals surface area contributed by atoms with Crippen LogP contribution >= 0.6 is 0 Å². The molecule has 0 aliphatic carbocycles. The maximum Gasteiger partial charge on any atom is 0.250 e. The standard InChI is InChI=1S/C18H22N4O3/c1-3-4-5-17-20-15-7-6-13(9-16(15)21-17)19-18(23)11-24-10-14-8-12(2)22-25-14/h6-9H,3-5,10-11H2,1-2H3,(H,19,23)(H,20,21). The molecule has 1 aromatic carbocycles. The minimum Gasteiger partial charge on any atom is -0.364 e. The lowest BCUT2D eigenvalue weighted by atomic mass is 10.2. The zero-order valence-electron chi connectivity index (χ0n) is 14.5. The van der Waals surface area contributed by atoms with Gasteiger partial charge in [-0.3, -0.25) is 4.79 Å². The van der Waals surface area contributed by atoms with Gasteiger partial charge in [0.05, 0.1) is 16.7 Å². The van der Waals surface area contributed by atoms with Gasteiger partial charge in [-0.25, -0.2) is 4.98 Å². The highest BCUT2D eigenvalue weighted by molar-refractivity contribution is 5.93. The number of hydrogen-bond acceptors (Lipinski definition) is 5. The predicted molar refractivity (Wildman–Crippen MR) is 94.2 cm³/mol. The summed E-state index contributed by atoms with van der Waals surface area (Å²) >= 11 is 0. The van der Waals surface area contributed by atoms with Crippen LogP contribution in [0, 0.1) is 6.92 Å². The average molecular weight is 342 g/mol. The average Bonchev–Trinajstić information content (AvgIpc) is 3.18. The van der Waals surface area contributed by atoms with Crippen LogP contribution in [0.15, 0.2) is 28.8 Å². The summed E-state index contributed by atoms with van der Waals surface area (Å²) in [4.78, 5) is 19.8. The van der Waals surface area contributed by atoms with Gasteiger partial charge >= 0.3 is 0 Å². The summed E-state index contributed by atoms with van der Waals surface area (Å²) in [5, 5.41) is 6.59. The summed E-state index contributed by atoms with van der Waals surface area (Å²) in [5.41, 5.74) is 3.32. The van der Waals surface area contributed by atoms with Gasteiger partial charge in [-0.2, -0.15) is 0 Å². The monoisotopic (exact) mass is 342 g/mol. The summed E-state index contributed by atoms with van der Waals surface area (Å²) < 4.78 is 10.4. The van der Waals surface area contributed by atoms with E-state index in [1.165, 1.54) is 0 Å². The number of H-pyrrole nitrogens is 1. The summed E-state index contributed by atoms with van der Waals surface area (Å²) in [5.74, 6) is 1.36. The van der Waals surface area contributed by atoms with Crippen LogP contribution in [0.2, 0.25) is 0 Å². The Morgan fingerprint density at radius 3 is 3.00 bits per heavy atom. The molecule has 0 saturated carbocycles. The SMILES string of the molecule is CCCCc1nc2ccc(NC(=O)COCc3cc(C)no3)cc2[nH]1. The lowest BCUT2D eigenvalue weighted by Gasteiger charge is -2.05. The number of ether oxygens (including phenoxy) is 1. The molecule has 0 bridgehead atoms. The van der Waals surface area contributed by atoms with Crippen LogP contribution in [0.1, 0.15) is 37.0 Å². The number of carbonyl (C=O) groups is 1. The van der Waals surface area contributed by atoms with Crippen LogP contribution in [0.5, 0.6) is 0 Å². The van der Waals surface area contributed by atoms with E-state index in [0.717, 1.165) is 41.8 Å². The molecule has 2 heterocycles. The summed E-state index contributed by atoms with van der Waals surface area (Å²) in [6.07, 6.45) is 3.17. The maximum atomic E-state index is 12.0. The molecule has 2 N–H and O–H groups in total. The Labute approximate surface area is 145 Å². The number of rotatable bonds is 8. The van der Waals surface area contributed by atoms with E-state index < -0.39 is 0 Å². The normalized spacial score (nSPS) is 11.1. The van der Waals surface area contributed by atoms with Gasteiger partial charge in [-0.1, -0.05) is 18.5 Å². The molecule has 7 nitrogen and oxygen atoms in total. The van der Waals surface area contributed by atoms with E-state index in [1.54, 1.807) is 6.07 Å². The summed E-state index contributed by atoms with van der Waals surface area (Å²) in [7, 11) is 0. The fourth-order valence-corrected chi connectivity index (χ4v) is 2.53. The van der Waals surface area contributed by atoms with E-state index >= 15 is 0 Å². The Morgan fingerprint density at radius 2 is 2.24 bits per heavy atom. The minimum atomic E-state index is -0.221. The third kappa shape index (κ3) is 4.67. The van der Waals surface area contributed by atoms with Crippen molar-refractivity contribution in [2.75, 3.05) is 11.9 Å². The lowest BCUT2D eigenvalue weighted by molar-refractivity contribution is -0.121. The molecule has 2 aromatic heterocycles. The zero-order chi connectivity index (χ0) is 17.6. The molecule has 0 aliphatic rings. The molecular weight excluding hydrogens is 320 g/mol. The van der Waals surface area contributed by atoms with Crippen LogP contribution in [-0.4, -0.2) is 27.6 Å². The molecule has 132 valence electrons. The van der Waals surface area contributed by atoms with Gasteiger partial charge in [0.2, 0.25) is 5.91 Å². The van der Waals surface area contributed by atoms with Gasteiger partial charge in [-0.05, 0) is 31.5 Å². The molecule has 0 saturated heterocycles. The Hall–Kier alpha value is -2.67. The van der Waals surface area contributed by atoms with Crippen molar-refractivity contribution < 1.29 is 14.1 Å². The molecule has 0 unspecified atom stereocenters. The van der Waals surface area contributed by atoms with Gasteiger partial charge in [0.1, 0.15) is 19.0 Å². The van der Waals surface area contributed by atoms with E-state index in [-0.39, 0.29) is 19.1 Å². The summed E-state index contributed by atoms with van der Waals surface area (Å²) in [6, 6.07) is 7.40. The first-order valence-corrected chi connectivity index (χ1v) is 8.42. The number of unbranched alkanes of at least 4 members (excludes halogenated alkanes) is 1. The van der Waals surface area contributed by atoms with Crippen LogP contribution in [0.3, 0.4) is 0 Å². The number of aromatic amines is 1. The second-order valence-corrected chi connectivity index (χ2v) is 5.99. The van der Waals surface area contributed by atoms with E-state index in [1.807, 2.05) is 25.1 Å². The van der Waals surface area contributed by atoms with Crippen molar-refractivity contribution in [3.8, 4) is 0 Å². The van der Waals surface area contributed by atoms with E-state index in [4.69, 9.17) is 9.26 Å². The largest absolute Gasteiger partial charge is 0.364 e. The zero-order valence-corrected chi connectivity index (χ0v) is 14.5. The fourth-order valence-electron chi connectivity index (χ4n) is 2.53. The Bertz CT molecular complexity index is 853. The Kier molecular flexibility index (Phi) is 5.45. The number of imidazole rings is 1. The quantitative estimate of drug-likeness (QED) is 0.655. The van der Waals surface area contributed by atoms with Crippen molar-refractivity contribution in [3.05, 3.63) is 41.5 Å². The van der Waals surface area contributed by atoms with Gasteiger partial charge in [-0.15, -0.1) is 0 Å². The van der Waals surface area contributed by atoms with Crippen molar-refractivity contribution in [1.82, 2.24) is 15.1 Å². The van der Waals surface area contributed by atoms with E-state index in [2.05, 4.69) is 27.4 Å². The van der Waals surface area contributed by atoms with Gasteiger partial charge < -0.3 is 19.6 Å². The summed E-state index contributed by atoms with van der Waals surface area (Å²) in [6.45, 7) is 4.15. The number of hydrogen-bond donors (Lipinski definition) is 2. The second-order valence-electron chi connectivity index (χ2n) is 5.99. The van der Waals surface area contributed by atoms with Gasteiger partial charge in [0.15, 0.2) is 5.76 Å². The highest BCUT2D eigenvalue weighted by atomic mass is 16.5. The highest BCUT2D eigenvalue weighted by Gasteiger charge is 2.08. The smallest absolute Gasteiger partial charge is 0.250 e. The molecule has 1 amide bonds. The van der Waals surface area contributed by atoms with Crippen molar-refractivity contribution in [2.45, 2.75) is 39.7 Å². The Morgan fingerprint density at radius 1 is 1.36 bits per heavy atom. The van der Waals surface area contributed by atoms with E-state index in [9.17, 15) is 4.79 Å². The van der Waals surface area contributed by atoms with Gasteiger partial charge in [0, 0.05) is 18.2 Å². The molecule has 0 aliphatic heterocycles.